The third-order valence-corrected chi connectivity index (χ3v) is 2.72. The number of hydrogen-bond donors (Lipinski definition) is 0. The molecule has 0 fully saturated rings. The molecular formula is C16H13NO4. The molecule has 106 valence electrons. The van der Waals surface area contributed by atoms with Crippen molar-refractivity contribution in [2.45, 2.75) is 6.61 Å². The molecule has 0 aliphatic rings. The molecule has 0 amide bonds. The molecule has 2 rings (SSSR count). The first-order valence-electron chi connectivity index (χ1n) is 6.29. The third-order valence-electron chi connectivity index (χ3n) is 2.72. The third kappa shape index (κ3) is 4.28. The van der Waals surface area contributed by atoms with Crippen LogP contribution in [0.1, 0.15) is 11.1 Å². The fraction of sp³-hybridized carbons (Fsp3) is 0.0625. The predicted octanol–water partition coefficient (Wildman–Crippen LogP) is 3.05. The maximum atomic E-state index is 11.8. The Hall–Kier alpha value is -2.95. The first-order valence-corrected chi connectivity index (χ1v) is 6.29. The van der Waals surface area contributed by atoms with Crippen LogP contribution in [0.3, 0.4) is 0 Å². The van der Waals surface area contributed by atoms with E-state index < -0.39 is 16.6 Å². The van der Waals surface area contributed by atoms with E-state index in [0.29, 0.717) is 5.56 Å². The number of carbonyl (C=O) groups is 1. The van der Waals surface area contributed by atoms with Crippen LogP contribution >= 0.6 is 0 Å². The molecule has 0 spiro atoms. The Kier molecular flexibility index (Phi) is 4.82. The summed E-state index contributed by atoms with van der Waals surface area (Å²) < 4.78 is 4.97. The summed E-state index contributed by atoms with van der Waals surface area (Å²) in [6.07, 6.45) is 1.20. The number of esters is 1. The highest BCUT2D eigenvalue weighted by molar-refractivity contribution is 5.90. The molecule has 0 atom stereocenters. The molecule has 2 aromatic rings. The zero-order valence-corrected chi connectivity index (χ0v) is 11.1. The van der Waals surface area contributed by atoms with E-state index in [1.807, 2.05) is 6.07 Å². The predicted molar refractivity (Wildman–Crippen MR) is 77.7 cm³/mol. The fourth-order valence-electron chi connectivity index (χ4n) is 1.69. The van der Waals surface area contributed by atoms with Gasteiger partial charge in [0.1, 0.15) is 6.61 Å². The second-order valence-corrected chi connectivity index (χ2v) is 4.26. The molecule has 0 saturated carbocycles. The monoisotopic (exact) mass is 283 g/mol. The van der Waals surface area contributed by atoms with Crippen molar-refractivity contribution in [3.8, 4) is 0 Å². The van der Waals surface area contributed by atoms with Gasteiger partial charge in [0.2, 0.25) is 0 Å². The van der Waals surface area contributed by atoms with E-state index in [9.17, 15) is 14.9 Å². The molecule has 21 heavy (non-hydrogen) atoms. The van der Waals surface area contributed by atoms with Gasteiger partial charge in [0.15, 0.2) is 0 Å². The SMILES string of the molecule is O=C(OCc1ccccc1)/C(=C/c1ccccc1)[N+](=O)[O-]. The van der Waals surface area contributed by atoms with Crippen LogP contribution in [0.2, 0.25) is 0 Å². The number of ether oxygens (including phenoxy) is 1. The van der Waals surface area contributed by atoms with E-state index in [1.165, 1.54) is 6.08 Å². The summed E-state index contributed by atoms with van der Waals surface area (Å²) in [7, 11) is 0. The highest BCUT2D eigenvalue weighted by Crippen LogP contribution is 2.10. The van der Waals surface area contributed by atoms with Crippen LogP contribution in [-0.2, 0) is 16.1 Å². The van der Waals surface area contributed by atoms with E-state index in [1.54, 1.807) is 54.6 Å². The van der Waals surface area contributed by atoms with Gasteiger partial charge in [0.05, 0.1) is 4.92 Å². The van der Waals surface area contributed by atoms with Gasteiger partial charge in [-0.3, -0.25) is 10.1 Å². The largest absolute Gasteiger partial charge is 0.453 e. The lowest BCUT2D eigenvalue weighted by molar-refractivity contribution is -0.419. The standard InChI is InChI=1S/C16H13NO4/c18-16(21-12-14-9-5-2-6-10-14)15(17(19)20)11-13-7-3-1-4-8-13/h1-11H,12H2/b15-11-. The molecule has 0 aliphatic carbocycles. The molecular weight excluding hydrogens is 270 g/mol. The van der Waals surface area contributed by atoms with Crippen LogP contribution in [0.4, 0.5) is 0 Å². The topological polar surface area (TPSA) is 69.4 Å². The second kappa shape index (κ2) is 7.00. The van der Waals surface area contributed by atoms with Crippen molar-refractivity contribution in [1.29, 1.82) is 0 Å². The lowest BCUT2D eigenvalue weighted by Gasteiger charge is -2.03. The molecule has 0 aromatic heterocycles. The van der Waals surface area contributed by atoms with E-state index in [0.717, 1.165) is 5.56 Å². The van der Waals surface area contributed by atoms with E-state index >= 15 is 0 Å². The molecule has 0 aliphatic heterocycles. The number of carbonyl (C=O) groups excluding carboxylic acids is 1. The summed E-state index contributed by atoms with van der Waals surface area (Å²) in [5.41, 5.74) is 0.756. The molecule has 0 heterocycles. The van der Waals surface area contributed by atoms with Crippen molar-refractivity contribution >= 4 is 12.0 Å². The molecule has 0 unspecified atom stereocenters. The zero-order valence-electron chi connectivity index (χ0n) is 11.1. The summed E-state index contributed by atoms with van der Waals surface area (Å²) in [4.78, 5) is 22.1. The van der Waals surface area contributed by atoms with Gasteiger partial charge < -0.3 is 4.74 Å². The first-order chi connectivity index (χ1) is 10.2. The zero-order chi connectivity index (χ0) is 15.1. The maximum absolute atomic E-state index is 11.8. The smallest absolute Gasteiger partial charge is 0.410 e. The van der Waals surface area contributed by atoms with Gasteiger partial charge in [-0.15, -0.1) is 0 Å². The number of rotatable bonds is 5. The van der Waals surface area contributed by atoms with Gasteiger partial charge in [0.25, 0.3) is 0 Å². The highest BCUT2D eigenvalue weighted by atomic mass is 16.6. The number of nitro groups is 1. The minimum Gasteiger partial charge on any atom is -0.453 e. The molecule has 0 N–H and O–H groups in total. The molecule has 0 radical (unpaired) electrons. The summed E-state index contributed by atoms with van der Waals surface area (Å²) in [5, 5.41) is 11.0. The molecule has 5 heteroatoms. The average Bonchev–Trinajstić information content (AvgIpc) is 2.52. The van der Waals surface area contributed by atoms with Gasteiger partial charge in [-0.1, -0.05) is 60.7 Å². The van der Waals surface area contributed by atoms with Crippen molar-refractivity contribution in [1.82, 2.24) is 0 Å². The summed E-state index contributed by atoms with van der Waals surface area (Å²) in [6, 6.07) is 17.6. The number of nitrogens with zero attached hydrogens (tertiary/aromatic N) is 1. The van der Waals surface area contributed by atoms with Crippen LogP contribution in [0.15, 0.2) is 66.4 Å². The molecule has 0 saturated heterocycles. The molecule has 2 aromatic carbocycles. The van der Waals surface area contributed by atoms with E-state index in [-0.39, 0.29) is 6.61 Å². The van der Waals surface area contributed by atoms with Crippen molar-refractivity contribution in [3.05, 3.63) is 87.6 Å². The van der Waals surface area contributed by atoms with Gasteiger partial charge in [-0.25, -0.2) is 4.79 Å². The number of hydrogen-bond acceptors (Lipinski definition) is 4. The van der Waals surface area contributed by atoms with Gasteiger partial charge in [-0.05, 0) is 11.1 Å². The van der Waals surface area contributed by atoms with Crippen molar-refractivity contribution in [2.24, 2.45) is 0 Å². The summed E-state index contributed by atoms with van der Waals surface area (Å²) in [6.45, 7) is -0.000354. The van der Waals surface area contributed by atoms with Crippen molar-refractivity contribution in [3.63, 3.8) is 0 Å². The van der Waals surface area contributed by atoms with Crippen LogP contribution in [-0.4, -0.2) is 10.9 Å². The normalized spacial score (nSPS) is 11.0. The minimum atomic E-state index is -0.951. The average molecular weight is 283 g/mol. The van der Waals surface area contributed by atoms with Gasteiger partial charge >= 0.3 is 11.7 Å². The lowest BCUT2D eigenvalue weighted by Crippen LogP contribution is -2.14. The van der Waals surface area contributed by atoms with Crippen LogP contribution in [0, 0.1) is 10.1 Å². The Labute approximate surface area is 121 Å². The Balaban J connectivity index is 2.10. The van der Waals surface area contributed by atoms with Crippen LogP contribution in [0.25, 0.3) is 6.08 Å². The highest BCUT2D eigenvalue weighted by Gasteiger charge is 2.23. The lowest BCUT2D eigenvalue weighted by atomic mass is 10.2. The summed E-state index contributed by atoms with van der Waals surface area (Å²) in [5.74, 6) is -0.951. The van der Waals surface area contributed by atoms with Gasteiger partial charge in [-0.2, -0.15) is 0 Å². The second-order valence-electron chi connectivity index (χ2n) is 4.26. The van der Waals surface area contributed by atoms with Gasteiger partial charge in [0, 0.05) is 6.08 Å². The number of benzene rings is 2. The fourth-order valence-corrected chi connectivity index (χ4v) is 1.69. The minimum absolute atomic E-state index is 0.000354. The van der Waals surface area contributed by atoms with E-state index in [4.69, 9.17) is 4.74 Å². The Morgan fingerprint density at radius 1 is 1.05 bits per heavy atom. The summed E-state index contributed by atoms with van der Waals surface area (Å²) >= 11 is 0. The Morgan fingerprint density at radius 2 is 1.62 bits per heavy atom. The Morgan fingerprint density at radius 3 is 2.19 bits per heavy atom. The maximum Gasteiger partial charge on any atom is 0.410 e. The Bertz CT molecular complexity index is 650. The van der Waals surface area contributed by atoms with E-state index in [2.05, 4.69) is 0 Å². The quantitative estimate of drug-likeness (QED) is 0.366. The first kappa shape index (κ1) is 14.5. The van der Waals surface area contributed by atoms with Crippen LogP contribution < -0.4 is 0 Å². The van der Waals surface area contributed by atoms with Crippen molar-refractivity contribution < 1.29 is 14.5 Å². The van der Waals surface area contributed by atoms with Crippen LogP contribution in [0.5, 0.6) is 0 Å². The van der Waals surface area contributed by atoms with Crippen molar-refractivity contribution in [2.75, 3.05) is 0 Å². The molecule has 0 bridgehead atoms. The molecule has 5 nitrogen and oxygen atoms in total.